The molecule has 1 fully saturated rings. The lowest BCUT2D eigenvalue weighted by Crippen LogP contribution is -2.58. The Morgan fingerprint density at radius 3 is 2.80 bits per heavy atom. The van der Waals surface area contributed by atoms with Crippen molar-refractivity contribution in [3.05, 3.63) is 12.2 Å². The second kappa shape index (κ2) is 6.65. The van der Waals surface area contributed by atoms with E-state index in [9.17, 15) is 0 Å². The van der Waals surface area contributed by atoms with Crippen molar-refractivity contribution in [3.8, 4) is 0 Å². The molecule has 1 aromatic heterocycles. The van der Waals surface area contributed by atoms with Crippen LogP contribution in [-0.2, 0) is 13.0 Å². The Balaban J connectivity index is 2.00. The van der Waals surface area contributed by atoms with E-state index in [1.165, 1.54) is 0 Å². The molecule has 1 saturated heterocycles. The largest absolute Gasteiger partial charge is 0.326 e. The fourth-order valence-corrected chi connectivity index (χ4v) is 2.80. The first-order valence-corrected chi connectivity index (χ1v) is 7.48. The van der Waals surface area contributed by atoms with Crippen LogP contribution in [0.25, 0.3) is 0 Å². The number of nitrogens with zero attached hydrogens (tertiary/aromatic N) is 5. The van der Waals surface area contributed by atoms with Gasteiger partial charge in [-0.1, -0.05) is 13.8 Å². The molecule has 20 heavy (non-hydrogen) atoms. The van der Waals surface area contributed by atoms with Gasteiger partial charge < -0.3 is 10.6 Å². The fourth-order valence-electron chi connectivity index (χ4n) is 2.80. The van der Waals surface area contributed by atoms with Crippen molar-refractivity contribution in [3.63, 3.8) is 0 Å². The van der Waals surface area contributed by atoms with Crippen LogP contribution >= 0.6 is 0 Å². The average Bonchev–Trinajstić information content (AvgIpc) is 2.78. The highest BCUT2D eigenvalue weighted by Crippen LogP contribution is 2.12. The van der Waals surface area contributed by atoms with E-state index in [2.05, 4.69) is 47.8 Å². The van der Waals surface area contributed by atoms with Gasteiger partial charge in [0.2, 0.25) is 0 Å². The molecular formula is C14H28N6. The number of nitrogens with two attached hydrogens (primary N) is 1. The highest BCUT2D eigenvalue weighted by atomic mass is 15.3. The minimum Gasteiger partial charge on any atom is -0.326 e. The number of hydrogen-bond acceptors (Lipinski definition) is 5. The van der Waals surface area contributed by atoms with Crippen molar-refractivity contribution in [1.29, 1.82) is 0 Å². The molecule has 114 valence electrons. The Morgan fingerprint density at radius 2 is 2.10 bits per heavy atom. The van der Waals surface area contributed by atoms with Crippen molar-refractivity contribution in [2.75, 3.05) is 33.7 Å². The molecule has 0 aromatic carbocycles. The Morgan fingerprint density at radius 1 is 1.35 bits per heavy atom. The maximum atomic E-state index is 6.44. The molecule has 0 amide bonds. The smallest absolute Gasteiger partial charge is 0.138 e. The lowest BCUT2D eigenvalue weighted by atomic mass is 10.0. The van der Waals surface area contributed by atoms with Gasteiger partial charge in [-0.2, -0.15) is 5.10 Å². The van der Waals surface area contributed by atoms with E-state index in [1.54, 1.807) is 6.33 Å². The normalized spacial score (nSPS) is 23.4. The van der Waals surface area contributed by atoms with Crippen molar-refractivity contribution in [2.45, 2.75) is 38.9 Å². The van der Waals surface area contributed by atoms with Crippen molar-refractivity contribution < 1.29 is 0 Å². The third kappa shape index (κ3) is 3.77. The summed E-state index contributed by atoms with van der Waals surface area (Å²) in [6.45, 7) is 8.50. The van der Waals surface area contributed by atoms with Gasteiger partial charge in [0.05, 0.1) is 0 Å². The van der Waals surface area contributed by atoms with Gasteiger partial charge in [-0.05, 0) is 20.0 Å². The number of aromatic nitrogens is 3. The van der Waals surface area contributed by atoms with Gasteiger partial charge in [0, 0.05) is 44.7 Å². The Bertz CT molecular complexity index is 416. The summed E-state index contributed by atoms with van der Waals surface area (Å²) in [4.78, 5) is 9.11. The third-order valence-electron chi connectivity index (χ3n) is 4.05. The summed E-state index contributed by atoms with van der Waals surface area (Å²) in [7, 11) is 4.32. The van der Waals surface area contributed by atoms with Crippen LogP contribution in [0.2, 0.25) is 0 Å². The van der Waals surface area contributed by atoms with E-state index in [1.807, 2.05) is 4.68 Å². The zero-order chi connectivity index (χ0) is 14.7. The van der Waals surface area contributed by atoms with Crippen molar-refractivity contribution >= 4 is 0 Å². The van der Waals surface area contributed by atoms with Crippen molar-refractivity contribution in [1.82, 2.24) is 24.6 Å². The Hall–Kier alpha value is -0.980. The second-order valence-electron chi connectivity index (χ2n) is 6.43. The molecule has 1 aromatic rings. The highest BCUT2D eigenvalue weighted by Gasteiger charge is 2.28. The van der Waals surface area contributed by atoms with E-state index >= 15 is 0 Å². The summed E-state index contributed by atoms with van der Waals surface area (Å²) in [5, 5.41) is 4.31. The minimum atomic E-state index is 0.0952. The standard InChI is InChI=1S/C14H28N6/c1-11(2)8-20-14(16-10-17-20)7-12(15)13-9-18(3)5-6-19(13)4/h10-13H,5-9,15H2,1-4H3. The molecule has 0 saturated carbocycles. The molecule has 0 bridgehead atoms. The molecular weight excluding hydrogens is 252 g/mol. The molecule has 2 N–H and O–H groups in total. The van der Waals surface area contributed by atoms with Crippen LogP contribution in [-0.4, -0.2) is 70.4 Å². The summed E-state index contributed by atoms with van der Waals surface area (Å²) in [6, 6.07) is 0.482. The minimum absolute atomic E-state index is 0.0952. The molecule has 1 aliphatic rings. The molecule has 1 aliphatic heterocycles. The molecule has 2 rings (SSSR count). The lowest BCUT2D eigenvalue weighted by Gasteiger charge is -2.40. The summed E-state index contributed by atoms with van der Waals surface area (Å²) in [5.74, 6) is 1.57. The average molecular weight is 280 g/mol. The topological polar surface area (TPSA) is 63.2 Å². The predicted octanol–water partition coefficient (Wildman–Crippen LogP) is 0.0497. The van der Waals surface area contributed by atoms with Crippen LogP contribution in [0.4, 0.5) is 0 Å². The molecule has 2 atom stereocenters. The van der Waals surface area contributed by atoms with Gasteiger partial charge in [-0.25, -0.2) is 9.67 Å². The van der Waals surface area contributed by atoms with E-state index in [0.717, 1.165) is 38.4 Å². The lowest BCUT2D eigenvalue weighted by molar-refractivity contribution is 0.0966. The van der Waals surface area contributed by atoms with Crippen LogP contribution in [0.15, 0.2) is 6.33 Å². The summed E-state index contributed by atoms with van der Waals surface area (Å²) in [6.07, 6.45) is 2.43. The highest BCUT2D eigenvalue weighted by molar-refractivity contribution is 4.96. The van der Waals surface area contributed by atoms with Crippen LogP contribution in [0.1, 0.15) is 19.7 Å². The molecule has 6 heteroatoms. The zero-order valence-corrected chi connectivity index (χ0v) is 13.2. The van der Waals surface area contributed by atoms with Crippen molar-refractivity contribution in [2.24, 2.45) is 11.7 Å². The van der Waals surface area contributed by atoms with Gasteiger partial charge in [-0.3, -0.25) is 4.90 Å². The molecule has 0 aliphatic carbocycles. The first-order chi connectivity index (χ1) is 9.47. The zero-order valence-electron chi connectivity index (χ0n) is 13.2. The predicted molar refractivity (Wildman–Crippen MR) is 80.5 cm³/mol. The SMILES string of the molecule is CC(C)Cn1ncnc1CC(N)C1CN(C)CCN1C. The van der Waals surface area contributed by atoms with Crippen LogP contribution in [0.5, 0.6) is 0 Å². The molecule has 2 unspecified atom stereocenters. The van der Waals surface area contributed by atoms with Gasteiger partial charge in [0.25, 0.3) is 0 Å². The second-order valence-corrected chi connectivity index (χ2v) is 6.43. The van der Waals surface area contributed by atoms with Crippen LogP contribution < -0.4 is 5.73 Å². The number of hydrogen-bond donors (Lipinski definition) is 1. The monoisotopic (exact) mass is 280 g/mol. The van der Waals surface area contributed by atoms with E-state index in [0.29, 0.717) is 12.0 Å². The Kier molecular flexibility index (Phi) is 5.12. The molecule has 2 heterocycles. The first kappa shape index (κ1) is 15.4. The number of rotatable bonds is 5. The maximum absolute atomic E-state index is 6.44. The Labute approximate surface area is 121 Å². The van der Waals surface area contributed by atoms with Gasteiger partial charge >= 0.3 is 0 Å². The van der Waals surface area contributed by atoms with Gasteiger partial charge in [0.15, 0.2) is 0 Å². The van der Waals surface area contributed by atoms with Gasteiger partial charge in [-0.15, -0.1) is 0 Å². The fraction of sp³-hybridized carbons (Fsp3) is 0.857. The summed E-state index contributed by atoms with van der Waals surface area (Å²) in [5.41, 5.74) is 6.44. The molecule has 0 radical (unpaired) electrons. The van der Waals surface area contributed by atoms with Crippen LogP contribution in [0, 0.1) is 5.92 Å². The first-order valence-electron chi connectivity index (χ1n) is 7.48. The van der Waals surface area contributed by atoms with E-state index in [-0.39, 0.29) is 6.04 Å². The number of piperazine rings is 1. The molecule has 6 nitrogen and oxygen atoms in total. The quantitative estimate of drug-likeness (QED) is 0.826. The third-order valence-corrected chi connectivity index (χ3v) is 4.05. The van der Waals surface area contributed by atoms with Crippen LogP contribution in [0.3, 0.4) is 0 Å². The van der Waals surface area contributed by atoms with E-state index in [4.69, 9.17) is 5.73 Å². The number of likely N-dealkylation sites (N-methyl/N-ethyl adjacent to an activating group) is 2. The summed E-state index contributed by atoms with van der Waals surface area (Å²) < 4.78 is 2.00. The maximum Gasteiger partial charge on any atom is 0.138 e. The summed E-state index contributed by atoms with van der Waals surface area (Å²) >= 11 is 0. The van der Waals surface area contributed by atoms with E-state index < -0.39 is 0 Å². The van der Waals surface area contributed by atoms with Gasteiger partial charge in [0.1, 0.15) is 12.2 Å². The molecule has 0 spiro atoms.